The molecule has 1 unspecified atom stereocenters. The fourth-order valence-electron chi connectivity index (χ4n) is 3.79. The zero-order valence-electron chi connectivity index (χ0n) is 20.0. The molecule has 0 amide bonds. The molecule has 0 bridgehead atoms. The lowest BCUT2D eigenvalue weighted by atomic mass is 10.0. The van der Waals surface area contributed by atoms with Gasteiger partial charge < -0.3 is 29.6 Å². The number of ether oxygens (including phenoxy) is 1. The second kappa shape index (κ2) is 15.1. The third kappa shape index (κ3) is 9.91. The molecule has 0 saturated carbocycles. The quantitative estimate of drug-likeness (QED) is 0.353. The van der Waals surface area contributed by atoms with Crippen LogP contribution in [0.15, 0.2) is 36.4 Å². The molecule has 0 fully saturated rings. The zero-order chi connectivity index (χ0) is 24.8. The summed E-state index contributed by atoms with van der Waals surface area (Å²) in [5, 5.41) is 32.6. The molecule has 0 radical (unpaired) electrons. The molecule has 1 heterocycles. The molecule has 0 aliphatic rings. The number of hydrogen-bond acceptors (Lipinski definition) is 7. The Morgan fingerprint density at radius 3 is 2.38 bits per heavy atom. The largest absolute Gasteiger partial charge is 0.550 e. The number of aromatic nitrogens is 1. The normalized spacial score (nSPS) is 11.8. The fraction of sp³-hybridized carbons (Fsp3) is 0.519. The molecule has 0 spiro atoms. The van der Waals surface area contributed by atoms with Crippen molar-refractivity contribution in [2.75, 3.05) is 6.61 Å². The molecule has 7 nitrogen and oxygen atoms in total. The summed E-state index contributed by atoms with van der Waals surface area (Å²) in [4.78, 5) is 26.6. The Bertz CT molecular complexity index is 914. The lowest BCUT2D eigenvalue weighted by Crippen LogP contribution is -2.23. The summed E-state index contributed by atoms with van der Waals surface area (Å²) in [6, 6.07) is 9.44. The number of aliphatic carboxylic acids is 1. The van der Waals surface area contributed by atoms with Gasteiger partial charge >= 0.3 is 0 Å². The highest BCUT2D eigenvalue weighted by molar-refractivity contribution is 5.85. The van der Waals surface area contributed by atoms with Crippen LogP contribution in [0.5, 0.6) is 5.75 Å². The Balaban J connectivity index is 1.95. The van der Waals surface area contributed by atoms with Gasteiger partial charge in [0.25, 0.3) is 0 Å². The molecule has 7 heteroatoms. The predicted molar refractivity (Wildman–Crippen MR) is 125 cm³/mol. The number of carbonyl (C=O) groups excluding carboxylic acids is 2. The standard InChI is InChI=1S/C27H37NO6/c1-2-3-4-5-6-7-8-9-17-34-25-15-13-22(28-23(25)14-16-26(30)31)19-24(29)20-11-10-12-21(18-20)27(32)33/h10-13,15,18,24,29H,2-9,14,16-17,19H2,1H3,(H,30,31)(H,32,33)/p-2. The number of nitrogens with zero attached hydrogens (tertiary/aromatic N) is 1. The topological polar surface area (TPSA) is 123 Å². The Morgan fingerprint density at radius 1 is 1.00 bits per heavy atom. The van der Waals surface area contributed by atoms with Crippen molar-refractivity contribution in [2.45, 2.75) is 83.7 Å². The van der Waals surface area contributed by atoms with Gasteiger partial charge in [0.2, 0.25) is 0 Å². The van der Waals surface area contributed by atoms with Gasteiger partial charge in [0.15, 0.2) is 0 Å². The van der Waals surface area contributed by atoms with E-state index in [1.54, 1.807) is 24.3 Å². The van der Waals surface area contributed by atoms with Gasteiger partial charge in [-0.25, -0.2) is 0 Å². The van der Waals surface area contributed by atoms with Crippen molar-refractivity contribution in [1.29, 1.82) is 0 Å². The van der Waals surface area contributed by atoms with Crippen LogP contribution < -0.4 is 14.9 Å². The van der Waals surface area contributed by atoms with Crippen molar-refractivity contribution in [3.63, 3.8) is 0 Å². The van der Waals surface area contributed by atoms with Crippen LogP contribution in [-0.4, -0.2) is 28.6 Å². The summed E-state index contributed by atoms with van der Waals surface area (Å²) < 4.78 is 5.89. The average molecular weight is 470 g/mol. The van der Waals surface area contributed by atoms with Gasteiger partial charge in [-0.1, -0.05) is 70.1 Å². The van der Waals surface area contributed by atoms with Crippen molar-refractivity contribution >= 4 is 11.9 Å². The van der Waals surface area contributed by atoms with E-state index in [2.05, 4.69) is 11.9 Å². The van der Waals surface area contributed by atoms with E-state index in [1.807, 2.05) is 0 Å². The summed E-state index contributed by atoms with van der Waals surface area (Å²) >= 11 is 0. The second-order valence-electron chi connectivity index (χ2n) is 8.58. The monoisotopic (exact) mass is 469 g/mol. The number of carbonyl (C=O) groups is 2. The van der Waals surface area contributed by atoms with Crippen LogP contribution in [-0.2, 0) is 17.6 Å². The van der Waals surface area contributed by atoms with Crippen LogP contribution in [0.4, 0.5) is 0 Å². The first-order valence-corrected chi connectivity index (χ1v) is 12.2. The minimum Gasteiger partial charge on any atom is -0.550 e. The molecule has 1 atom stereocenters. The molecular formula is C27H35NO6-2. The van der Waals surface area contributed by atoms with Crippen molar-refractivity contribution in [2.24, 2.45) is 0 Å². The Hall–Kier alpha value is -2.93. The van der Waals surface area contributed by atoms with Crippen molar-refractivity contribution < 1.29 is 29.6 Å². The van der Waals surface area contributed by atoms with E-state index in [9.17, 15) is 24.9 Å². The number of hydrogen-bond donors (Lipinski definition) is 1. The van der Waals surface area contributed by atoms with Gasteiger partial charge in [0, 0.05) is 18.1 Å². The number of aromatic carboxylic acids is 1. The number of aryl methyl sites for hydroxylation is 1. The molecule has 0 aliphatic carbocycles. The zero-order valence-corrected chi connectivity index (χ0v) is 20.0. The third-order valence-electron chi connectivity index (χ3n) is 5.72. The van der Waals surface area contributed by atoms with Crippen LogP contribution in [0, 0.1) is 0 Å². The maximum Gasteiger partial charge on any atom is 0.140 e. The number of benzene rings is 1. The summed E-state index contributed by atoms with van der Waals surface area (Å²) in [6.45, 7) is 2.74. The highest BCUT2D eigenvalue weighted by Gasteiger charge is 2.14. The van der Waals surface area contributed by atoms with Crippen molar-refractivity contribution in [3.8, 4) is 5.75 Å². The van der Waals surface area contributed by atoms with E-state index in [-0.39, 0.29) is 24.8 Å². The van der Waals surface area contributed by atoms with Gasteiger partial charge in [-0.2, -0.15) is 0 Å². The smallest absolute Gasteiger partial charge is 0.140 e. The molecule has 1 aromatic heterocycles. The van der Waals surface area contributed by atoms with Crippen molar-refractivity contribution in [3.05, 3.63) is 58.9 Å². The second-order valence-corrected chi connectivity index (χ2v) is 8.58. The van der Waals surface area contributed by atoms with Crippen molar-refractivity contribution in [1.82, 2.24) is 4.98 Å². The molecule has 2 rings (SSSR count). The Kier molecular flexibility index (Phi) is 12.1. The fourth-order valence-corrected chi connectivity index (χ4v) is 3.79. The van der Waals surface area contributed by atoms with Crippen LogP contribution in [0.25, 0.3) is 0 Å². The van der Waals surface area contributed by atoms with E-state index < -0.39 is 18.0 Å². The molecule has 2 aromatic rings. The molecule has 0 aliphatic heterocycles. The van der Waals surface area contributed by atoms with E-state index in [0.717, 1.165) is 12.8 Å². The summed E-state index contributed by atoms with van der Waals surface area (Å²) in [5.74, 6) is -1.93. The van der Waals surface area contributed by atoms with Gasteiger partial charge in [0.05, 0.1) is 24.4 Å². The number of aliphatic hydroxyl groups excluding tert-OH is 1. The van der Waals surface area contributed by atoms with Gasteiger partial charge in [-0.3, -0.25) is 4.98 Å². The number of carboxylic acids is 2. The number of carboxylic acid groups (broad SMARTS) is 2. The lowest BCUT2D eigenvalue weighted by molar-refractivity contribution is -0.305. The van der Waals surface area contributed by atoms with Crippen LogP contribution in [0.3, 0.4) is 0 Å². The van der Waals surface area contributed by atoms with Gasteiger partial charge in [-0.05, 0) is 48.6 Å². The first kappa shape index (κ1) is 27.3. The predicted octanol–water partition coefficient (Wildman–Crippen LogP) is 2.92. The minimum absolute atomic E-state index is 0.0103. The Labute approximate surface area is 201 Å². The maximum atomic E-state index is 11.1. The molecular weight excluding hydrogens is 434 g/mol. The number of rotatable bonds is 17. The summed E-state index contributed by atoms with van der Waals surface area (Å²) in [6.07, 6.45) is 8.70. The lowest BCUT2D eigenvalue weighted by Gasteiger charge is -2.15. The van der Waals surface area contributed by atoms with E-state index in [0.29, 0.717) is 29.3 Å². The first-order chi connectivity index (χ1) is 16.4. The molecule has 1 aromatic carbocycles. The van der Waals surface area contributed by atoms with E-state index >= 15 is 0 Å². The minimum atomic E-state index is -1.31. The molecule has 34 heavy (non-hydrogen) atoms. The summed E-state index contributed by atoms with van der Waals surface area (Å²) in [5.41, 5.74) is 1.50. The van der Waals surface area contributed by atoms with Gasteiger partial charge in [-0.15, -0.1) is 0 Å². The van der Waals surface area contributed by atoms with Gasteiger partial charge in [0.1, 0.15) is 5.75 Å². The van der Waals surface area contributed by atoms with Crippen LogP contribution >= 0.6 is 0 Å². The number of unbranched alkanes of at least 4 members (excludes halogenated alkanes) is 7. The highest BCUT2D eigenvalue weighted by Crippen LogP contribution is 2.23. The SMILES string of the molecule is CCCCCCCCCCOc1ccc(CC(O)c2cccc(C(=O)[O-])c2)nc1CCC(=O)[O-]. The molecule has 186 valence electrons. The van der Waals surface area contributed by atoms with Crippen LogP contribution in [0.2, 0.25) is 0 Å². The average Bonchev–Trinajstić information content (AvgIpc) is 2.82. The molecule has 1 N–H and O–H groups in total. The number of aliphatic hydroxyl groups is 1. The van der Waals surface area contributed by atoms with E-state index in [4.69, 9.17) is 4.74 Å². The molecule has 0 saturated heterocycles. The first-order valence-electron chi connectivity index (χ1n) is 12.2. The van der Waals surface area contributed by atoms with E-state index in [1.165, 1.54) is 50.7 Å². The Morgan fingerprint density at radius 2 is 1.71 bits per heavy atom. The maximum absolute atomic E-state index is 11.1. The third-order valence-corrected chi connectivity index (χ3v) is 5.72. The summed E-state index contributed by atoms with van der Waals surface area (Å²) in [7, 11) is 0. The van der Waals surface area contributed by atoms with Crippen LogP contribution in [0.1, 0.15) is 98.1 Å². The number of pyridine rings is 1. The highest BCUT2D eigenvalue weighted by atomic mass is 16.5.